The molecule has 1 aliphatic rings. The molecule has 3 rings (SSSR count). The fourth-order valence-electron chi connectivity index (χ4n) is 3.13. The van der Waals surface area contributed by atoms with Gasteiger partial charge in [0.1, 0.15) is 5.76 Å². The number of hydrogen-bond donors (Lipinski definition) is 2. The summed E-state index contributed by atoms with van der Waals surface area (Å²) in [5.41, 5.74) is -1.43. The van der Waals surface area contributed by atoms with Crippen molar-refractivity contribution in [3.05, 3.63) is 46.5 Å². The van der Waals surface area contributed by atoms with E-state index >= 15 is 0 Å². The summed E-state index contributed by atoms with van der Waals surface area (Å²) in [4.78, 5) is 13.2. The third kappa shape index (κ3) is 4.01. The summed E-state index contributed by atoms with van der Waals surface area (Å²) in [6.07, 6.45) is 3.60. The molecule has 0 bridgehead atoms. The van der Waals surface area contributed by atoms with Gasteiger partial charge in [-0.1, -0.05) is 6.07 Å². The quantitative estimate of drug-likeness (QED) is 0.765. The van der Waals surface area contributed by atoms with Gasteiger partial charge in [0.2, 0.25) is 15.9 Å². The molecule has 1 aliphatic heterocycles. The maximum absolute atomic E-state index is 12.5. The molecule has 26 heavy (non-hydrogen) atoms. The first kappa shape index (κ1) is 19.1. The van der Waals surface area contributed by atoms with Gasteiger partial charge < -0.3 is 14.8 Å². The Morgan fingerprint density at radius 1 is 1.38 bits per heavy atom. The Hall–Kier alpha value is -1.68. The summed E-state index contributed by atoms with van der Waals surface area (Å²) < 4.78 is 29.9. The zero-order valence-electron chi connectivity index (χ0n) is 14.4. The van der Waals surface area contributed by atoms with E-state index in [1.54, 1.807) is 18.2 Å². The minimum Gasteiger partial charge on any atom is -0.466 e. The van der Waals surface area contributed by atoms with Crippen molar-refractivity contribution in [3.8, 4) is 0 Å². The summed E-state index contributed by atoms with van der Waals surface area (Å²) in [6, 6.07) is 6.99. The van der Waals surface area contributed by atoms with Crippen molar-refractivity contribution in [2.75, 3.05) is 25.9 Å². The number of rotatable bonds is 6. The summed E-state index contributed by atoms with van der Waals surface area (Å²) in [5.74, 6) is -0.0796. The number of thiophene rings is 1. The number of aliphatic hydroxyl groups is 1. The highest BCUT2D eigenvalue weighted by atomic mass is 32.2. The largest absolute Gasteiger partial charge is 0.466 e. The lowest BCUT2D eigenvalue weighted by Crippen LogP contribution is -2.46. The number of hydrogen-bond acceptors (Lipinski definition) is 6. The molecule has 1 amide bonds. The molecule has 0 radical (unpaired) electrons. The van der Waals surface area contributed by atoms with E-state index in [4.69, 9.17) is 4.42 Å². The Bertz CT molecular complexity index is 788. The number of amides is 1. The number of carbonyl (C=O) groups excluding carboxylic acids is 1. The molecule has 0 aliphatic carbocycles. The van der Waals surface area contributed by atoms with Gasteiger partial charge in [0.15, 0.2) is 5.60 Å². The second-order valence-corrected chi connectivity index (χ2v) is 9.40. The molecule has 1 saturated heterocycles. The van der Waals surface area contributed by atoms with Crippen LogP contribution < -0.4 is 5.32 Å². The van der Waals surface area contributed by atoms with Crippen LogP contribution in [0, 0.1) is 5.92 Å². The van der Waals surface area contributed by atoms with Crippen LogP contribution in [0.2, 0.25) is 0 Å². The van der Waals surface area contributed by atoms with Gasteiger partial charge in [-0.15, -0.1) is 11.3 Å². The van der Waals surface area contributed by atoms with Crippen molar-refractivity contribution in [3.63, 3.8) is 0 Å². The molecule has 1 fully saturated rings. The SMILES string of the molecule is CS(=O)(=O)N1CCC(C(=O)NC[C@@](O)(c2ccco2)c2cccs2)CC1. The molecule has 1 atom stereocenters. The number of nitrogens with one attached hydrogen (secondary N) is 1. The van der Waals surface area contributed by atoms with E-state index in [-0.39, 0.29) is 18.4 Å². The van der Waals surface area contributed by atoms with Crippen LogP contribution >= 0.6 is 11.3 Å². The van der Waals surface area contributed by atoms with Crippen molar-refractivity contribution >= 4 is 27.3 Å². The van der Waals surface area contributed by atoms with Gasteiger partial charge in [0, 0.05) is 23.9 Å². The summed E-state index contributed by atoms with van der Waals surface area (Å²) >= 11 is 1.38. The van der Waals surface area contributed by atoms with Crippen LogP contribution in [-0.4, -0.2) is 49.6 Å². The lowest BCUT2D eigenvalue weighted by atomic mass is 9.95. The molecule has 0 spiro atoms. The molecule has 2 aromatic rings. The molecular weight excluding hydrogens is 376 g/mol. The lowest BCUT2D eigenvalue weighted by molar-refractivity contribution is -0.127. The monoisotopic (exact) mass is 398 g/mol. The van der Waals surface area contributed by atoms with Crippen LogP contribution in [0.15, 0.2) is 40.3 Å². The maximum Gasteiger partial charge on any atom is 0.223 e. The van der Waals surface area contributed by atoms with E-state index in [0.717, 1.165) is 0 Å². The van der Waals surface area contributed by atoms with Crippen molar-refractivity contribution < 1.29 is 22.7 Å². The summed E-state index contributed by atoms with van der Waals surface area (Å²) in [6.45, 7) is 0.667. The number of nitrogens with zero attached hydrogens (tertiary/aromatic N) is 1. The van der Waals surface area contributed by atoms with Gasteiger partial charge in [0.05, 0.1) is 19.1 Å². The van der Waals surface area contributed by atoms with Gasteiger partial charge in [0.25, 0.3) is 0 Å². The zero-order valence-corrected chi connectivity index (χ0v) is 16.1. The maximum atomic E-state index is 12.5. The third-order valence-electron chi connectivity index (χ3n) is 4.67. The van der Waals surface area contributed by atoms with E-state index in [1.165, 1.54) is 28.2 Å². The van der Waals surface area contributed by atoms with Crippen LogP contribution in [-0.2, 0) is 20.4 Å². The van der Waals surface area contributed by atoms with Gasteiger partial charge >= 0.3 is 0 Å². The Morgan fingerprint density at radius 2 is 2.12 bits per heavy atom. The van der Waals surface area contributed by atoms with Gasteiger partial charge in [-0.2, -0.15) is 0 Å². The Labute approximate surface area is 156 Å². The van der Waals surface area contributed by atoms with Crippen molar-refractivity contribution in [2.24, 2.45) is 5.92 Å². The van der Waals surface area contributed by atoms with E-state index in [0.29, 0.717) is 36.6 Å². The highest BCUT2D eigenvalue weighted by Crippen LogP contribution is 2.33. The smallest absolute Gasteiger partial charge is 0.223 e. The van der Waals surface area contributed by atoms with E-state index in [1.807, 2.05) is 11.4 Å². The number of sulfonamides is 1. The van der Waals surface area contributed by atoms with Gasteiger partial charge in [-0.25, -0.2) is 12.7 Å². The van der Waals surface area contributed by atoms with Crippen LogP contribution in [0.5, 0.6) is 0 Å². The van der Waals surface area contributed by atoms with Gasteiger partial charge in [-0.05, 0) is 36.4 Å². The molecule has 2 aromatic heterocycles. The average molecular weight is 399 g/mol. The minimum atomic E-state index is -3.22. The van der Waals surface area contributed by atoms with Crippen LogP contribution in [0.25, 0.3) is 0 Å². The van der Waals surface area contributed by atoms with Crippen LogP contribution in [0.1, 0.15) is 23.5 Å². The lowest BCUT2D eigenvalue weighted by Gasteiger charge is -2.31. The molecule has 0 aromatic carbocycles. The Kier molecular flexibility index (Phi) is 5.52. The molecule has 7 nitrogen and oxygen atoms in total. The van der Waals surface area contributed by atoms with Gasteiger partial charge in [-0.3, -0.25) is 4.79 Å². The second-order valence-electron chi connectivity index (χ2n) is 6.47. The number of carbonyl (C=O) groups is 1. The highest BCUT2D eigenvalue weighted by Gasteiger charge is 2.37. The van der Waals surface area contributed by atoms with Crippen molar-refractivity contribution in [1.82, 2.24) is 9.62 Å². The molecule has 142 valence electrons. The predicted octanol–water partition coefficient (Wildman–Crippen LogP) is 1.36. The number of furan rings is 1. The summed E-state index contributed by atoms with van der Waals surface area (Å²) in [7, 11) is -3.22. The molecule has 0 saturated carbocycles. The molecule has 9 heteroatoms. The standard InChI is InChI=1S/C17H22N2O5S2/c1-26(22,23)19-8-6-13(7-9-19)16(20)18-12-17(21,14-4-2-10-24-14)15-5-3-11-25-15/h2-5,10-11,13,21H,6-9,12H2,1H3,(H,18,20)/t17-/m1/s1. The van der Waals surface area contributed by atoms with E-state index in [9.17, 15) is 18.3 Å². The zero-order chi connectivity index (χ0) is 18.8. The van der Waals surface area contributed by atoms with Crippen LogP contribution in [0.3, 0.4) is 0 Å². The predicted molar refractivity (Wildman–Crippen MR) is 98.2 cm³/mol. The summed E-state index contributed by atoms with van der Waals surface area (Å²) in [5, 5.41) is 15.8. The molecule has 0 unspecified atom stereocenters. The Morgan fingerprint density at radius 3 is 2.65 bits per heavy atom. The molecule has 2 N–H and O–H groups in total. The van der Waals surface area contributed by atoms with Crippen LogP contribution in [0.4, 0.5) is 0 Å². The average Bonchev–Trinajstić information content (AvgIpc) is 3.32. The van der Waals surface area contributed by atoms with E-state index in [2.05, 4.69) is 5.32 Å². The minimum absolute atomic E-state index is 0.00779. The fraction of sp³-hybridized carbons (Fsp3) is 0.471. The van der Waals surface area contributed by atoms with Crippen molar-refractivity contribution in [2.45, 2.75) is 18.4 Å². The second kappa shape index (κ2) is 7.51. The normalized spacial score (nSPS) is 19.2. The first-order valence-electron chi connectivity index (χ1n) is 8.34. The molecule has 3 heterocycles. The first-order chi connectivity index (χ1) is 12.3. The van der Waals surface area contributed by atoms with Crippen molar-refractivity contribution in [1.29, 1.82) is 0 Å². The Balaban J connectivity index is 1.64. The molecular formula is C17H22N2O5S2. The fourth-order valence-corrected chi connectivity index (χ4v) is 4.84. The number of piperidine rings is 1. The topological polar surface area (TPSA) is 99.9 Å². The highest BCUT2D eigenvalue weighted by molar-refractivity contribution is 7.88. The first-order valence-corrected chi connectivity index (χ1v) is 11.1. The third-order valence-corrected chi connectivity index (χ3v) is 6.99. The van der Waals surface area contributed by atoms with E-state index < -0.39 is 15.6 Å².